The summed E-state index contributed by atoms with van der Waals surface area (Å²) < 4.78 is 18.2. The second-order valence-electron chi connectivity index (χ2n) is 4.15. The molecule has 0 amide bonds. The largest absolute Gasteiger partial charge is 0.371 e. The van der Waals surface area contributed by atoms with Crippen LogP contribution >= 0.6 is 0 Å². The van der Waals surface area contributed by atoms with Gasteiger partial charge >= 0.3 is 0 Å². The second kappa shape index (κ2) is 5.75. The third-order valence-electron chi connectivity index (χ3n) is 2.28. The molecule has 0 N–H and O–H groups in total. The van der Waals surface area contributed by atoms with Crippen molar-refractivity contribution in [3.63, 3.8) is 0 Å². The van der Waals surface area contributed by atoms with Crippen molar-refractivity contribution < 1.29 is 13.9 Å². The van der Waals surface area contributed by atoms with Crippen molar-refractivity contribution in [1.82, 2.24) is 0 Å². The van der Waals surface area contributed by atoms with Crippen LogP contribution in [0.2, 0.25) is 0 Å². The lowest BCUT2D eigenvalue weighted by molar-refractivity contribution is -0.124. The second-order valence-corrected chi connectivity index (χ2v) is 4.15. The van der Waals surface area contributed by atoms with Gasteiger partial charge < -0.3 is 4.74 Å². The molecule has 0 spiro atoms. The first-order valence-corrected chi connectivity index (χ1v) is 5.37. The Balaban J connectivity index is 2.59. The molecule has 0 fully saturated rings. The van der Waals surface area contributed by atoms with Crippen LogP contribution in [0.1, 0.15) is 25.0 Å². The molecule has 0 unspecified atom stereocenters. The molecule has 0 aromatic heterocycles. The average Bonchev–Trinajstić information content (AvgIpc) is 2.20. The van der Waals surface area contributed by atoms with Crippen molar-refractivity contribution in [3.05, 3.63) is 35.1 Å². The predicted molar refractivity (Wildman–Crippen MR) is 60.9 cm³/mol. The fourth-order valence-electron chi connectivity index (χ4n) is 1.35. The van der Waals surface area contributed by atoms with Gasteiger partial charge in [0.05, 0.1) is 6.10 Å². The van der Waals surface area contributed by atoms with E-state index >= 15 is 0 Å². The van der Waals surface area contributed by atoms with E-state index in [1.807, 2.05) is 20.8 Å². The number of hydrogen-bond donors (Lipinski definition) is 0. The molecule has 0 heterocycles. The van der Waals surface area contributed by atoms with Crippen LogP contribution < -0.4 is 0 Å². The summed E-state index contributed by atoms with van der Waals surface area (Å²) in [6.07, 6.45) is 0.272. The van der Waals surface area contributed by atoms with Gasteiger partial charge in [-0.15, -0.1) is 0 Å². The third kappa shape index (κ3) is 4.11. The van der Waals surface area contributed by atoms with Crippen LogP contribution in [0, 0.1) is 12.7 Å². The first kappa shape index (κ1) is 12.8. The normalized spacial score (nSPS) is 10.8. The van der Waals surface area contributed by atoms with Crippen LogP contribution in [-0.2, 0) is 16.0 Å². The standard InChI is InChI=1S/C13H17FO2/c1-9(2)16-8-13(15)7-11-6-12(14)5-4-10(11)3/h4-6,9H,7-8H2,1-3H3. The van der Waals surface area contributed by atoms with Crippen molar-refractivity contribution in [2.45, 2.75) is 33.3 Å². The Morgan fingerprint density at radius 1 is 1.44 bits per heavy atom. The zero-order valence-electron chi connectivity index (χ0n) is 9.92. The Bertz CT molecular complexity index is 372. The summed E-state index contributed by atoms with van der Waals surface area (Å²) in [6, 6.07) is 4.48. The molecule has 0 saturated heterocycles. The van der Waals surface area contributed by atoms with E-state index in [0.29, 0.717) is 0 Å². The van der Waals surface area contributed by atoms with Gasteiger partial charge in [-0.05, 0) is 44.0 Å². The molecule has 88 valence electrons. The molecule has 1 aromatic rings. The van der Waals surface area contributed by atoms with E-state index in [0.717, 1.165) is 11.1 Å². The molecular weight excluding hydrogens is 207 g/mol. The van der Waals surface area contributed by atoms with Gasteiger partial charge in [-0.2, -0.15) is 0 Å². The van der Waals surface area contributed by atoms with E-state index in [2.05, 4.69) is 0 Å². The van der Waals surface area contributed by atoms with E-state index < -0.39 is 0 Å². The van der Waals surface area contributed by atoms with E-state index in [9.17, 15) is 9.18 Å². The van der Waals surface area contributed by atoms with Gasteiger partial charge in [-0.3, -0.25) is 4.79 Å². The molecule has 1 rings (SSSR count). The van der Waals surface area contributed by atoms with Gasteiger partial charge in [0.2, 0.25) is 0 Å². The fraction of sp³-hybridized carbons (Fsp3) is 0.462. The van der Waals surface area contributed by atoms with E-state index in [-0.39, 0.29) is 30.7 Å². The summed E-state index contributed by atoms with van der Waals surface area (Å²) in [5.41, 5.74) is 1.66. The lowest BCUT2D eigenvalue weighted by Gasteiger charge is -2.08. The lowest BCUT2D eigenvalue weighted by atomic mass is 10.0. The van der Waals surface area contributed by atoms with Crippen LogP contribution in [-0.4, -0.2) is 18.5 Å². The first-order chi connectivity index (χ1) is 7.49. The predicted octanol–water partition coefficient (Wildman–Crippen LogP) is 2.67. The summed E-state index contributed by atoms with van der Waals surface area (Å²) >= 11 is 0. The van der Waals surface area contributed by atoms with Gasteiger partial charge in [0, 0.05) is 6.42 Å². The highest BCUT2D eigenvalue weighted by molar-refractivity contribution is 5.82. The highest BCUT2D eigenvalue weighted by Gasteiger charge is 2.08. The van der Waals surface area contributed by atoms with Gasteiger partial charge in [-0.1, -0.05) is 6.07 Å². The third-order valence-corrected chi connectivity index (χ3v) is 2.28. The number of ether oxygens (including phenoxy) is 1. The molecule has 16 heavy (non-hydrogen) atoms. The number of hydrogen-bond acceptors (Lipinski definition) is 2. The summed E-state index contributed by atoms with van der Waals surface area (Å²) in [7, 11) is 0. The molecule has 0 radical (unpaired) electrons. The van der Waals surface area contributed by atoms with Crippen LogP contribution in [0.15, 0.2) is 18.2 Å². The topological polar surface area (TPSA) is 26.3 Å². The van der Waals surface area contributed by atoms with Gasteiger partial charge in [-0.25, -0.2) is 4.39 Å². The minimum atomic E-state index is -0.307. The molecule has 3 heteroatoms. The van der Waals surface area contributed by atoms with Gasteiger partial charge in [0.1, 0.15) is 12.4 Å². The molecule has 0 atom stereocenters. The summed E-state index contributed by atoms with van der Waals surface area (Å²) in [4.78, 5) is 11.5. The van der Waals surface area contributed by atoms with Crippen LogP contribution in [0.3, 0.4) is 0 Å². The Hall–Kier alpha value is -1.22. The quantitative estimate of drug-likeness (QED) is 0.768. The highest BCUT2D eigenvalue weighted by Crippen LogP contribution is 2.11. The van der Waals surface area contributed by atoms with Crippen molar-refractivity contribution >= 4 is 5.78 Å². The maximum Gasteiger partial charge on any atom is 0.162 e. The van der Waals surface area contributed by atoms with Crippen molar-refractivity contribution in [1.29, 1.82) is 0 Å². The maximum absolute atomic E-state index is 13.0. The van der Waals surface area contributed by atoms with Crippen molar-refractivity contribution in [2.24, 2.45) is 0 Å². The Morgan fingerprint density at radius 3 is 2.75 bits per heavy atom. The monoisotopic (exact) mass is 224 g/mol. The molecular formula is C13H17FO2. The SMILES string of the molecule is Cc1ccc(F)cc1CC(=O)COC(C)C. The molecule has 0 aliphatic heterocycles. The summed E-state index contributed by atoms with van der Waals surface area (Å²) in [6.45, 7) is 5.71. The van der Waals surface area contributed by atoms with Crippen LogP contribution in [0.25, 0.3) is 0 Å². The van der Waals surface area contributed by atoms with Crippen LogP contribution in [0.5, 0.6) is 0 Å². The maximum atomic E-state index is 13.0. The van der Waals surface area contributed by atoms with Gasteiger partial charge in [0.25, 0.3) is 0 Å². The smallest absolute Gasteiger partial charge is 0.162 e. The molecule has 2 nitrogen and oxygen atoms in total. The van der Waals surface area contributed by atoms with Crippen molar-refractivity contribution in [2.75, 3.05) is 6.61 Å². The van der Waals surface area contributed by atoms with E-state index in [1.165, 1.54) is 12.1 Å². The zero-order valence-corrected chi connectivity index (χ0v) is 9.92. The average molecular weight is 224 g/mol. The summed E-state index contributed by atoms with van der Waals surface area (Å²) in [5.74, 6) is -0.333. The zero-order chi connectivity index (χ0) is 12.1. The van der Waals surface area contributed by atoms with E-state index in [4.69, 9.17) is 4.74 Å². The molecule has 0 aliphatic carbocycles. The number of halogens is 1. The van der Waals surface area contributed by atoms with E-state index in [1.54, 1.807) is 6.07 Å². The lowest BCUT2D eigenvalue weighted by Crippen LogP contribution is -2.15. The number of benzene rings is 1. The van der Waals surface area contributed by atoms with Gasteiger partial charge in [0.15, 0.2) is 5.78 Å². The van der Waals surface area contributed by atoms with Crippen molar-refractivity contribution in [3.8, 4) is 0 Å². The fourth-order valence-corrected chi connectivity index (χ4v) is 1.35. The minimum absolute atomic E-state index is 0.0256. The number of carbonyl (C=O) groups excluding carboxylic acids is 1. The Morgan fingerprint density at radius 2 is 2.12 bits per heavy atom. The molecule has 0 aliphatic rings. The Kier molecular flexibility index (Phi) is 4.62. The number of carbonyl (C=O) groups is 1. The summed E-state index contributed by atoms with van der Waals surface area (Å²) in [5, 5.41) is 0. The number of rotatable bonds is 5. The van der Waals surface area contributed by atoms with Crippen LogP contribution in [0.4, 0.5) is 4.39 Å². The minimum Gasteiger partial charge on any atom is -0.371 e. The number of aryl methyl sites for hydroxylation is 1. The molecule has 1 aromatic carbocycles. The highest BCUT2D eigenvalue weighted by atomic mass is 19.1. The molecule has 0 saturated carbocycles. The molecule has 0 bridgehead atoms. The first-order valence-electron chi connectivity index (χ1n) is 5.37. The number of Topliss-reactive ketones (excluding diaryl/α,β-unsaturated/α-hetero) is 1. The Labute approximate surface area is 95.4 Å². The number of ketones is 1.